The molecular formula is C17H17N3O2S. The summed E-state index contributed by atoms with van der Waals surface area (Å²) in [6.45, 7) is 0.475. The van der Waals surface area contributed by atoms with Gasteiger partial charge in [0, 0.05) is 24.5 Å². The fourth-order valence-electron chi connectivity index (χ4n) is 2.33. The minimum Gasteiger partial charge on any atom is -0.497 e. The molecule has 3 rings (SSSR count). The summed E-state index contributed by atoms with van der Waals surface area (Å²) in [5.41, 5.74) is 1.74. The van der Waals surface area contributed by atoms with Gasteiger partial charge in [-0.25, -0.2) is 0 Å². The lowest BCUT2D eigenvalue weighted by atomic mass is 10.1. The average molecular weight is 327 g/mol. The molecule has 0 bridgehead atoms. The Balaban J connectivity index is 1.70. The van der Waals surface area contributed by atoms with Crippen molar-refractivity contribution in [2.24, 2.45) is 0 Å². The normalized spacial score (nSPS) is 11.9. The Kier molecular flexibility index (Phi) is 4.73. The van der Waals surface area contributed by atoms with Gasteiger partial charge in [-0.2, -0.15) is 16.4 Å². The Bertz CT molecular complexity index is 703. The van der Waals surface area contributed by atoms with Gasteiger partial charge in [0.1, 0.15) is 5.75 Å². The van der Waals surface area contributed by atoms with E-state index in [1.807, 2.05) is 22.3 Å². The van der Waals surface area contributed by atoms with Crippen molar-refractivity contribution in [2.45, 2.75) is 6.04 Å². The summed E-state index contributed by atoms with van der Waals surface area (Å²) in [6.07, 6.45) is 3.65. The van der Waals surface area contributed by atoms with Crippen molar-refractivity contribution in [1.82, 2.24) is 15.1 Å². The topological polar surface area (TPSA) is 56.1 Å². The number of nitrogens with zero attached hydrogens (tertiary/aromatic N) is 2. The van der Waals surface area contributed by atoms with Gasteiger partial charge in [-0.15, -0.1) is 0 Å². The number of amides is 1. The van der Waals surface area contributed by atoms with Gasteiger partial charge in [0.05, 0.1) is 13.2 Å². The minimum absolute atomic E-state index is 0.0153. The van der Waals surface area contributed by atoms with E-state index in [0.29, 0.717) is 12.1 Å². The molecular weight excluding hydrogens is 310 g/mol. The summed E-state index contributed by atoms with van der Waals surface area (Å²) in [7, 11) is 1.60. The van der Waals surface area contributed by atoms with Crippen LogP contribution >= 0.6 is 11.3 Å². The summed E-state index contributed by atoms with van der Waals surface area (Å²) < 4.78 is 6.96. The predicted octanol–water partition coefficient (Wildman–Crippen LogP) is 2.97. The average Bonchev–Trinajstić information content (AvgIpc) is 3.29. The van der Waals surface area contributed by atoms with E-state index in [2.05, 4.69) is 21.9 Å². The van der Waals surface area contributed by atoms with Gasteiger partial charge < -0.3 is 10.1 Å². The van der Waals surface area contributed by atoms with E-state index >= 15 is 0 Å². The van der Waals surface area contributed by atoms with Crippen molar-refractivity contribution < 1.29 is 9.53 Å². The van der Waals surface area contributed by atoms with Crippen molar-refractivity contribution in [3.8, 4) is 5.75 Å². The molecule has 118 valence electrons. The van der Waals surface area contributed by atoms with Crippen LogP contribution in [0.5, 0.6) is 5.75 Å². The van der Waals surface area contributed by atoms with Crippen molar-refractivity contribution in [1.29, 1.82) is 0 Å². The highest BCUT2D eigenvalue weighted by atomic mass is 32.1. The monoisotopic (exact) mass is 327 g/mol. The van der Waals surface area contributed by atoms with Crippen LogP contribution in [0, 0.1) is 0 Å². The van der Waals surface area contributed by atoms with E-state index in [4.69, 9.17) is 4.74 Å². The fraction of sp³-hybridized carbons (Fsp3) is 0.176. The third-order valence-electron chi connectivity index (χ3n) is 3.58. The predicted molar refractivity (Wildman–Crippen MR) is 90.0 cm³/mol. The molecule has 1 aromatic carbocycles. The highest BCUT2D eigenvalue weighted by molar-refractivity contribution is 7.07. The van der Waals surface area contributed by atoms with Crippen LogP contribution < -0.4 is 10.1 Å². The molecule has 1 unspecified atom stereocenters. The molecule has 0 aliphatic carbocycles. The standard InChI is InChI=1S/C17H17N3O2S/c1-22-15-5-3-13(4-6-15)17(21)18-11-16(14-7-10-23-12-14)20-9-2-8-19-20/h2-10,12,16H,11H2,1H3,(H,18,21). The number of benzene rings is 1. The number of hydrogen-bond donors (Lipinski definition) is 1. The van der Waals surface area contributed by atoms with Crippen molar-refractivity contribution in [2.75, 3.05) is 13.7 Å². The van der Waals surface area contributed by atoms with Crippen LogP contribution in [0.3, 0.4) is 0 Å². The number of carbonyl (C=O) groups is 1. The molecule has 1 amide bonds. The third-order valence-corrected chi connectivity index (χ3v) is 4.28. The molecule has 1 atom stereocenters. The molecule has 0 aliphatic rings. The molecule has 23 heavy (non-hydrogen) atoms. The number of methoxy groups -OCH3 is 1. The molecule has 5 nitrogen and oxygen atoms in total. The van der Waals surface area contributed by atoms with Gasteiger partial charge in [-0.05, 0) is 52.7 Å². The Labute approximate surface area is 138 Å². The second-order valence-electron chi connectivity index (χ2n) is 5.00. The first kappa shape index (κ1) is 15.3. The number of rotatable bonds is 6. The van der Waals surface area contributed by atoms with E-state index in [0.717, 1.165) is 11.3 Å². The third kappa shape index (κ3) is 3.60. The Morgan fingerprint density at radius 2 is 2.17 bits per heavy atom. The quantitative estimate of drug-likeness (QED) is 0.757. The van der Waals surface area contributed by atoms with Crippen molar-refractivity contribution in [3.63, 3.8) is 0 Å². The molecule has 0 spiro atoms. The highest BCUT2D eigenvalue weighted by Crippen LogP contribution is 2.20. The van der Waals surface area contributed by atoms with Crippen LogP contribution in [0.4, 0.5) is 0 Å². The molecule has 0 saturated heterocycles. The molecule has 6 heteroatoms. The molecule has 2 heterocycles. The first-order valence-electron chi connectivity index (χ1n) is 7.21. The minimum atomic E-state index is -0.111. The van der Waals surface area contributed by atoms with Gasteiger partial charge in [-0.3, -0.25) is 9.48 Å². The van der Waals surface area contributed by atoms with E-state index in [1.165, 1.54) is 0 Å². The summed E-state index contributed by atoms with van der Waals surface area (Å²) in [6, 6.07) is 11.0. The fourth-order valence-corrected chi connectivity index (χ4v) is 3.03. The van der Waals surface area contributed by atoms with Crippen molar-refractivity contribution in [3.05, 3.63) is 70.7 Å². The van der Waals surface area contributed by atoms with Gasteiger partial charge in [-0.1, -0.05) is 0 Å². The van der Waals surface area contributed by atoms with E-state index in [1.54, 1.807) is 48.9 Å². The lowest BCUT2D eigenvalue weighted by Crippen LogP contribution is -2.31. The van der Waals surface area contributed by atoms with Crippen LogP contribution in [0.25, 0.3) is 0 Å². The van der Waals surface area contributed by atoms with Crippen LogP contribution in [-0.4, -0.2) is 29.3 Å². The largest absolute Gasteiger partial charge is 0.497 e. The molecule has 3 aromatic rings. The lowest BCUT2D eigenvalue weighted by molar-refractivity contribution is 0.0949. The van der Waals surface area contributed by atoms with Crippen LogP contribution in [0.2, 0.25) is 0 Å². The number of nitrogens with one attached hydrogen (secondary N) is 1. The summed E-state index contributed by atoms with van der Waals surface area (Å²) in [4.78, 5) is 12.3. The van der Waals surface area contributed by atoms with Crippen LogP contribution in [-0.2, 0) is 0 Å². The van der Waals surface area contributed by atoms with Crippen LogP contribution in [0.15, 0.2) is 59.6 Å². The first-order valence-corrected chi connectivity index (χ1v) is 8.15. The zero-order valence-electron chi connectivity index (χ0n) is 12.7. The molecule has 0 saturated carbocycles. The van der Waals surface area contributed by atoms with Gasteiger partial charge in [0.25, 0.3) is 5.91 Å². The van der Waals surface area contributed by atoms with Crippen LogP contribution in [0.1, 0.15) is 22.0 Å². The summed E-state index contributed by atoms with van der Waals surface area (Å²) in [5.74, 6) is 0.620. The number of hydrogen-bond acceptors (Lipinski definition) is 4. The Morgan fingerprint density at radius 3 is 2.78 bits per heavy atom. The number of carbonyl (C=O) groups excluding carboxylic acids is 1. The number of thiophene rings is 1. The number of ether oxygens (including phenoxy) is 1. The zero-order chi connectivity index (χ0) is 16.1. The second-order valence-corrected chi connectivity index (χ2v) is 5.78. The maximum absolute atomic E-state index is 12.3. The van der Waals surface area contributed by atoms with E-state index in [9.17, 15) is 4.79 Å². The number of aromatic nitrogens is 2. The molecule has 1 N–H and O–H groups in total. The zero-order valence-corrected chi connectivity index (χ0v) is 13.5. The first-order chi connectivity index (χ1) is 11.3. The molecule has 0 fully saturated rings. The van der Waals surface area contributed by atoms with E-state index < -0.39 is 0 Å². The Hall–Kier alpha value is -2.60. The Morgan fingerprint density at radius 1 is 1.35 bits per heavy atom. The maximum Gasteiger partial charge on any atom is 0.251 e. The second kappa shape index (κ2) is 7.11. The smallest absolute Gasteiger partial charge is 0.251 e. The maximum atomic E-state index is 12.3. The highest BCUT2D eigenvalue weighted by Gasteiger charge is 2.16. The van der Waals surface area contributed by atoms with E-state index in [-0.39, 0.29) is 11.9 Å². The van der Waals surface area contributed by atoms with Gasteiger partial charge in [0.2, 0.25) is 0 Å². The summed E-state index contributed by atoms with van der Waals surface area (Å²) >= 11 is 1.63. The lowest BCUT2D eigenvalue weighted by Gasteiger charge is -2.17. The van der Waals surface area contributed by atoms with Gasteiger partial charge in [0.15, 0.2) is 0 Å². The summed E-state index contributed by atoms with van der Waals surface area (Å²) in [5, 5.41) is 11.4. The molecule has 0 radical (unpaired) electrons. The SMILES string of the molecule is COc1ccc(C(=O)NCC(c2ccsc2)n2cccn2)cc1. The molecule has 2 aromatic heterocycles. The van der Waals surface area contributed by atoms with Gasteiger partial charge >= 0.3 is 0 Å². The van der Waals surface area contributed by atoms with Crippen molar-refractivity contribution >= 4 is 17.2 Å². The molecule has 0 aliphatic heterocycles.